The van der Waals surface area contributed by atoms with Crippen molar-refractivity contribution in [2.75, 3.05) is 11.9 Å². The predicted octanol–water partition coefficient (Wildman–Crippen LogP) is 5.01. The van der Waals surface area contributed by atoms with Crippen LogP contribution in [-0.4, -0.2) is 53.3 Å². The zero-order valence-electron chi connectivity index (χ0n) is 22.6. The molecule has 1 heterocycles. The number of rotatable bonds is 8. The highest BCUT2D eigenvalue weighted by molar-refractivity contribution is 5.99. The minimum absolute atomic E-state index is 0.0909. The summed E-state index contributed by atoms with van der Waals surface area (Å²) in [7, 11) is 0. The third-order valence-corrected chi connectivity index (χ3v) is 6.58. The van der Waals surface area contributed by atoms with Gasteiger partial charge in [0.1, 0.15) is 17.5 Å². The molecule has 0 spiro atoms. The van der Waals surface area contributed by atoms with Crippen LogP contribution in [0.5, 0.6) is 5.75 Å². The second-order valence-corrected chi connectivity index (χ2v) is 10.7. The Hall–Kier alpha value is -4.07. The molecule has 40 heavy (non-hydrogen) atoms. The molecule has 0 unspecified atom stereocenters. The van der Waals surface area contributed by atoms with E-state index in [0.29, 0.717) is 5.69 Å². The van der Waals surface area contributed by atoms with Gasteiger partial charge in [-0.05, 0) is 63.9 Å². The van der Waals surface area contributed by atoms with Crippen LogP contribution in [0.25, 0.3) is 0 Å². The fourth-order valence-electron chi connectivity index (χ4n) is 4.58. The summed E-state index contributed by atoms with van der Waals surface area (Å²) in [5.74, 6) is -0.0985. The van der Waals surface area contributed by atoms with Crippen molar-refractivity contribution < 1.29 is 36.7 Å². The van der Waals surface area contributed by atoms with Gasteiger partial charge in [-0.25, -0.2) is 4.39 Å². The average molecular weight is 562 g/mol. The Kier molecular flexibility index (Phi) is 8.82. The Morgan fingerprint density at radius 3 is 2.42 bits per heavy atom. The monoisotopic (exact) mass is 561 g/mol. The SMILES string of the molecule is C#C[C@@H]1C[C@](C)(C(=O)Nc2ccccc2C)CN1C(=O)[C@H](CC(C)(C)F)NC(=O)c1cccc(OC(F)(F)F)c1. The molecular formula is C29H31F4N3O4. The van der Waals surface area contributed by atoms with Crippen molar-refractivity contribution in [1.29, 1.82) is 0 Å². The molecule has 3 amide bonds. The number of hydrogen-bond donors (Lipinski definition) is 2. The van der Waals surface area contributed by atoms with Gasteiger partial charge in [0.25, 0.3) is 5.91 Å². The number of alkyl halides is 4. The van der Waals surface area contributed by atoms with Crippen LogP contribution in [0.4, 0.5) is 23.2 Å². The number of hydrogen-bond acceptors (Lipinski definition) is 4. The van der Waals surface area contributed by atoms with Crippen molar-refractivity contribution in [3.8, 4) is 18.1 Å². The van der Waals surface area contributed by atoms with Crippen molar-refractivity contribution in [3.63, 3.8) is 0 Å². The van der Waals surface area contributed by atoms with Gasteiger partial charge in [-0.1, -0.05) is 30.2 Å². The lowest BCUT2D eigenvalue weighted by Gasteiger charge is -2.30. The van der Waals surface area contributed by atoms with E-state index in [9.17, 15) is 31.9 Å². The summed E-state index contributed by atoms with van der Waals surface area (Å²) in [6, 6.07) is 9.24. The molecule has 1 aliphatic heterocycles. The highest BCUT2D eigenvalue weighted by Crippen LogP contribution is 2.37. The topological polar surface area (TPSA) is 87.7 Å². The lowest BCUT2D eigenvalue weighted by atomic mass is 9.86. The Morgan fingerprint density at radius 1 is 1.15 bits per heavy atom. The van der Waals surface area contributed by atoms with Crippen LogP contribution in [0.1, 0.15) is 49.5 Å². The first-order valence-corrected chi connectivity index (χ1v) is 12.5. The van der Waals surface area contributed by atoms with Gasteiger partial charge in [-0.15, -0.1) is 19.6 Å². The molecule has 2 N–H and O–H groups in total. The second-order valence-electron chi connectivity index (χ2n) is 10.7. The fourth-order valence-corrected chi connectivity index (χ4v) is 4.58. The lowest BCUT2D eigenvalue weighted by molar-refractivity contribution is -0.274. The second kappa shape index (κ2) is 11.6. The summed E-state index contributed by atoms with van der Waals surface area (Å²) in [5, 5.41) is 5.30. The summed E-state index contributed by atoms with van der Waals surface area (Å²) < 4.78 is 56.5. The van der Waals surface area contributed by atoms with Crippen LogP contribution in [0.2, 0.25) is 0 Å². The van der Waals surface area contributed by atoms with Crippen molar-refractivity contribution in [2.45, 2.75) is 64.7 Å². The van der Waals surface area contributed by atoms with Crippen molar-refractivity contribution in [1.82, 2.24) is 10.2 Å². The highest BCUT2D eigenvalue weighted by Gasteiger charge is 2.49. The highest BCUT2D eigenvalue weighted by atomic mass is 19.4. The molecule has 0 aromatic heterocycles. The van der Waals surface area contributed by atoms with Crippen LogP contribution in [0.15, 0.2) is 48.5 Å². The zero-order chi connectivity index (χ0) is 29.9. The number of nitrogens with one attached hydrogen (secondary N) is 2. The molecule has 11 heteroatoms. The molecule has 3 atom stereocenters. The number of terminal acetylenes is 1. The van der Waals surface area contributed by atoms with Crippen LogP contribution < -0.4 is 15.4 Å². The molecule has 0 aliphatic carbocycles. The normalized spacial score (nSPS) is 19.9. The number of carbonyl (C=O) groups excluding carboxylic acids is 3. The number of likely N-dealkylation sites (tertiary alicyclic amines) is 1. The van der Waals surface area contributed by atoms with Gasteiger partial charge in [0, 0.05) is 24.2 Å². The minimum Gasteiger partial charge on any atom is -0.406 e. The largest absolute Gasteiger partial charge is 0.573 e. The standard InChI is InChI=1S/C29H31F4N3O4/c1-6-20-15-28(5,26(39)35-22-13-8-7-10-18(22)2)17-36(20)25(38)23(16-27(3,4)30)34-24(37)19-11-9-12-21(14-19)40-29(31,32)33/h1,7-14,20,23H,15-17H2,2-5H3,(H,34,37)(H,35,39)/t20-,23+,28+/m1/s1. The van der Waals surface area contributed by atoms with Gasteiger partial charge >= 0.3 is 6.36 Å². The van der Waals surface area contributed by atoms with Crippen LogP contribution in [0, 0.1) is 24.7 Å². The van der Waals surface area contributed by atoms with E-state index in [4.69, 9.17) is 6.42 Å². The number of benzene rings is 2. The quantitative estimate of drug-likeness (QED) is 0.351. The molecule has 1 aliphatic rings. The Bertz CT molecular complexity index is 1320. The summed E-state index contributed by atoms with van der Waals surface area (Å²) in [6.45, 7) is 5.85. The van der Waals surface area contributed by atoms with E-state index in [1.54, 1.807) is 19.1 Å². The maximum absolute atomic E-state index is 14.8. The number of halogens is 4. The Morgan fingerprint density at radius 2 is 1.82 bits per heavy atom. The summed E-state index contributed by atoms with van der Waals surface area (Å²) in [6.07, 6.45) is 0.416. The van der Waals surface area contributed by atoms with Crippen molar-refractivity contribution >= 4 is 23.4 Å². The molecule has 1 fully saturated rings. The van der Waals surface area contributed by atoms with Gasteiger partial charge in [-0.2, -0.15) is 0 Å². The number of nitrogens with zero attached hydrogens (tertiary/aromatic N) is 1. The fraction of sp³-hybridized carbons (Fsp3) is 0.414. The smallest absolute Gasteiger partial charge is 0.406 e. The van der Waals surface area contributed by atoms with Gasteiger partial charge in [0.2, 0.25) is 11.8 Å². The van der Waals surface area contributed by atoms with Gasteiger partial charge in [0.05, 0.1) is 11.5 Å². The first-order chi connectivity index (χ1) is 18.5. The maximum atomic E-state index is 14.8. The maximum Gasteiger partial charge on any atom is 0.573 e. The third kappa shape index (κ3) is 7.74. The molecule has 1 saturated heterocycles. The third-order valence-electron chi connectivity index (χ3n) is 6.58. The van der Waals surface area contributed by atoms with Gasteiger partial charge < -0.3 is 20.3 Å². The van der Waals surface area contributed by atoms with E-state index in [2.05, 4.69) is 21.3 Å². The van der Waals surface area contributed by atoms with Crippen molar-refractivity contribution in [2.24, 2.45) is 5.41 Å². The van der Waals surface area contributed by atoms with E-state index in [1.165, 1.54) is 30.9 Å². The summed E-state index contributed by atoms with van der Waals surface area (Å²) >= 11 is 0. The summed E-state index contributed by atoms with van der Waals surface area (Å²) in [5.41, 5.74) is -1.77. The lowest BCUT2D eigenvalue weighted by Crippen LogP contribution is -2.52. The molecule has 214 valence electrons. The average Bonchev–Trinajstić information content (AvgIpc) is 3.21. The minimum atomic E-state index is -4.97. The molecular weight excluding hydrogens is 530 g/mol. The summed E-state index contributed by atoms with van der Waals surface area (Å²) in [4.78, 5) is 41.2. The molecule has 0 bridgehead atoms. The number of anilines is 1. The van der Waals surface area contributed by atoms with E-state index < -0.39 is 53.5 Å². The van der Waals surface area contributed by atoms with E-state index >= 15 is 0 Å². The Balaban J connectivity index is 1.83. The number of aryl methyl sites for hydroxylation is 1. The van der Waals surface area contributed by atoms with Gasteiger partial charge in [0.15, 0.2) is 0 Å². The van der Waals surface area contributed by atoms with E-state index in [0.717, 1.165) is 17.7 Å². The number of ether oxygens (including phenoxy) is 1. The van der Waals surface area contributed by atoms with Crippen LogP contribution in [0.3, 0.4) is 0 Å². The van der Waals surface area contributed by atoms with Crippen molar-refractivity contribution in [3.05, 3.63) is 59.7 Å². The zero-order valence-corrected chi connectivity index (χ0v) is 22.6. The van der Waals surface area contributed by atoms with E-state index in [-0.39, 0.29) is 24.4 Å². The molecule has 2 aromatic carbocycles. The molecule has 0 radical (unpaired) electrons. The number of carbonyl (C=O) groups is 3. The number of amides is 3. The molecule has 2 aromatic rings. The molecule has 7 nitrogen and oxygen atoms in total. The van der Waals surface area contributed by atoms with Crippen LogP contribution in [-0.2, 0) is 9.59 Å². The first kappa shape index (κ1) is 30.5. The molecule has 3 rings (SSSR count). The number of para-hydroxylation sites is 1. The predicted molar refractivity (Wildman–Crippen MR) is 141 cm³/mol. The van der Waals surface area contributed by atoms with Gasteiger partial charge in [-0.3, -0.25) is 14.4 Å². The van der Waals surface area contributed by atoms with E-state index in [1.807, 2.05) is 19.1 Å². The first-order valence-electron chi connectivity index (χ1n) is 12.5. The van der Waals surface area contributed by atoms with Crippen LogP contribution >= 0.6 is 0 Å². The molecule has 0 saturated carbocycles. The Labute approximate surface area is 230 Å².